The van der Waals surface area contributed by atoms with Crippen molar-refractivity contribution >= 4 is 12.0 Å². The van der Waals surface area contributed by atoms with Crippen molar-refractivity contribution < 1.29 is 18.8 Å². The van der Waals surface area contributed by atoms with Gasteiger partial charge in [0.1, 0.15) is 5.69 Å². The van der Waals surface area contributed by atoms with Crippen LogP contribution in [0.25, 0.3) is 17.6 Å². The molecule has 2 aromatic heterocycles. The lowest BCUT2D eigenvalue weighted by atomic mass is 9.94. The van der Waals surface area contributed by atoms with Crippen molar-refractivity contribution in [2.45, 2.75) is 19.3 Å². The summed E-state index contributed by atoms with van der Waals surface area (Å²) in [6, 6.07) is 5.54. The van der Waals surface area contributed by atoms with Gasteiger partial charge >= 0.3 is 0 Å². The lowest BCUT2D eigenvalue weighted by Gasteiger charge is -2.31. The molecule has 0 spiro atoms. The Bertz CT molecular complexity index is 1080. The Kier molecular flexibility index (Phi) is 6.74. The van der Waals surface area contributed by atoms with Gasteiger partial charge in [0, 0.05) is 38.0 Å². The molecule has 3 heterocycles. The molecule has 1 amide bonds. The van der Waals surface area contributed by atoms with Crippen LogP contribution in [0.4, 0.5) is 0 Å². The van der Waals surface area contributed by atoms with Crippen molar-refractivity contribution in [2.75, 3.05) is 27.3 Å². The van der Waals surface area contributed by atoms with E-state index in [-0.39, 0.29) is 11.8 Å². The number of ether oxygens (including phenoxy) is 2. The number of amides is 1. The van der Waals surface area contributed by atoms with Gasteiger partial charge in [-0.05, 0) is 42.5 Å². The predicted octanol–water partition coefficient (Wildman–Crippen LogP) is 3.04. The van der Waals surface area contributed by atoms with Crippen LogP contribution in [0.3, 0.4) is 0 Å². The van der Waals surface area contributed by atoms with E-state index < -0.39 is 0 Å². The third-order valence-corrected chi connectivity index (χ3v) is 5.38. The summed E-state index contributed by atoms with van der Waals surface area (Å²) >= 11 is 0. The summed E-state index contributed by atoms with van der Waals surface area (Å²) in [7, 11) is 3.18. The topological polar surface area (TPSA) is 103 Å². The Morgan fingerprint density at radius 1 is 1.25 bits per heavy atom. The van der Waals surface area contributed by atoms with E-state index in [1.807, 2.05) is 23.1 Å². The molecule has 1 aliphatic heterocycles. The van der Waals surface area contributed by atoms with Gasteiger partial charge in [0.15, 0.2) is 11.5 Å². The maximum absolute atomic E-state index is 12.8. The molecule has 32 heavy (non-hydrogen) atoms. The Hall–Kier alpha value is -3.75. The van der Waals surface area contributed by atoms with Gasteiger partial charge in [-0.25, -0.2) is 4.98 Å². The molecule has 1 fully saturated rings. The molecule has 0 N–H and O–H groups in total. The maximum atomic E-state index is 12.8. The smallest absolute Gasteiger partial charge is 0.246 e. The van der Waals surface area contributed by atoms with E-state index in [4.69, 9.17) is 14.0 Å². The van der Waals surface area contributed by atoms with Crippen LogP contribution in [-0.2, 0) is 11.2 Å². The molecule has 1 unspecified atom stereocenters. The fraction of sp³-hybridized carbons (Fsp3) is 0.348. The number of rotatable bonds is 7. The Labute approximate surface area is 186 Å². The van der Waals surface area contributed by atoms with Crippen LogP contribution in [-0.4, -0.2) is 58.2 Å². The van der Waals surface area contributed by atoms with Gasteiger partial charge in [0.05, 0.1) is 20.4 Å². The minimum absolute atomic E-state index is 0.0183. The molecule has 1 aromatic carbocycles. The van der Waals surface area contributed by atoms with Gasteiger partial charge in [-0.3, -0.25) is 9.78 Å². The molecule has 1 aliphatic rings. The van der Waals surface area contributed by atoms with Gasteiger partial charge < -0.3 is 18.9 Å². The number of nitrogens with zero attached hydrogens (tertiary/aromatic N) is 5. The number of methoxy groups -OCH3 is 2. The monoisotopic (exact) mass is 435 g/mol. The standard InChI is InChI=1S/C23H25N5O4/c1-30-19-7-5-16(12-20(19)31-2)6-8-22(29)28-11-3-4-17(15-28)13-21-26-23(27-32-21)18-14-24-9-10-25-18/h5-10,12,14,17H,3-4,11,13,15H2,1-2H3/b8-6-. The molecule has 9 nitrogen and oxygen atoms in total. The van der Waals surface area contributed by atoms with Gasteiger partial charge in [0.2, 0.25) is 17.6 Å². The van der Waals surface area contributed by atoms with E-state index >= 15 is 0 Å². The lowest BCUT2D eigenvalue weighted by Crippen LogP contribution is -2.39. The van der Waals surface area contributed by atoms with E-state index in [0.29, 0.717) is 41.9 Å². The van der Waals surface area contributed by atoms with Crippen LogP contribution in [0, 0.1) is 5.92 Å². The second-order valence-corrected chi connectivity index (χ2v) is 7.55. The van der Waals surface area contributed by atoms with E-state index in [2.05, 4.69) is 20.1 Å². The average molecular weight is 435 g/mol. The van der Waals surface area contributed by atoms with Gasteiger partial charge in [-0.2, -0.15) is 4.98 Å². The number of aromatic nitrogens is 4. The summed E-state index contributed by atoms with van der Waals surface area (Å²) in [6.07, 6.45) is 10.7. The van der Waals surface area contributed by atoms with Crippen LogP contribution >= 0.6 is 0 Å². The number of hydrogen-bond donors (Lipinski definition) is 0. The molecular weight excluding hydrogens is 410 g/mol. The highest BCUT2D eigenvalue weighted by atomic mass is 16.5. The van der Waals surface area contributed by atoms with Gasteiger partial charge in [-0.1, -0.05) is 11.2 Å². The first-order valence-corrected chi connectivity index (χ1v) is 10.4. The largest absolute Gasteiger partial charge is 0.493 e. The van der Waals surface area contributed by atoms with Gasteiger partial charge in [-0.15, -0.1) is 0 Å². The predicted molar refractivity (Wildman–Crippen MR) is 117 cm³/mol. The molecule has 0 saturated carbocycles. The van der Waals surface area contributed by atoms with E-state index in [9.17, 15) is 4.79 Å². The number of likely N-dealkylation sites (tertiary alicyclic amines) is 1. The molecule has 0 radical (unpaired) electrons. The first-order valence-electron chi connectivity index (χ1n) is 10.4. The zero-order chi connectivity index (χ0) is 22.3. The number of carbonyl (C=O) groups is 1. The van der Waals surface area contributed by atoms with Crippen LogP contribution in [0.15, 0.2) is 47.4 Å². The van der Waals surface area contributed by atoms with Crippen molar-refractivity contribution in [1.29, 1.82) is 0 Å². The molecule has 3 aromatic rings. The average Bonchev–Trinajstić information content (AvgIpc) is 3.31. The molecule has 0 bridgehead atoms. The summed E-state index contributed by atoms with van der Waals surface area (Å²) in [6.45, 7) is 1.39. The Morgan fingerprint density at radius 2 is 2.12 bits per heavy atom. The quantitative estimate of drug-likeness (QED) is 0.522. The summed E-state index contributed by atoms with van der Waals surface area (Å²) in [5.41, 5.74) is 1.44. The zero-order valence-corrected chi connectivity index (χ0v) is 18.1. The van der Waals surface area contributed by atoms with E-state index in [0.717, 1.165) is 24.9 Å². The first kappa shape index (κ1) is 21.5. The summed E-state index contributed by atoms with van der Waals surface area (Å²) in [5.74, 6) is 2.49. The highest BCUT2D eigenvalue weighted by Gasteiger charge is 2.24. The number of hydrogen-bond acceptors (Lipinski definition) is 8. The van der Waals surface area contributed by atoms with E-state index in [1.165, 1.54) is 0 Å². The minimum atomic E-state index is -0.0183. The summed E-state index contributed by atoms with van der Waals surface area (Å²) < 4.78 is 16.0. The van der Waals surface area contributed by atoms with Crippen LogP contribution in [0.5, 0.6) is 11.5 Å². The third-order valence-electron chi connectivity index (χ3n) is 5.38. The molecule has 1 saturated heterocycles. The first-order chi connectivity index (χ1) is 15.7. The molecule has 166 valence electrons. The highest BCUT2D eigenvalue weighted by Crippen LogP contribution is 2.28. The Morgan fingerprint density at radius 3 is 2.91 bits per heavy atom. The Balaban J connectivity index is 1.36. The minimum Gasteiger partial charge on any atom is -0.493 e. The third kappa shape index (κ3) is 5.11. The second kappa shape index (κ2) is 10.0. The lowest BCUT2D eigenvalue weighted by molar-refractivity contribution is -0.127. The van der Waals surface area contributed by atoms with Crippen molar-refractivity contribution in [2.24, 2.45) is 5.92 Å². The normalized spacial score (nSPS) is 16.3. The molecule has 0 aliphatic carbocycles. The highest BCUT2D eigenvalue weighted by molar-refractivity contribution is 5.92. The molecule has 1 atom stereocenters. The maximum Gasteiger partial charge on any atom is 0.246 e. The zero-order valence-electron chi connectivity index (χ0n) is 18.1. The number of piperidine rings is 1. The summed E-state index contributed by atoms with van der Waals surface area (Å²) in [5, 5.41) is 4.00. The van der Waals surface area contributed by atoms with Crippen molar-refractivity contribution in [3.8, 4) is 23.0 Å². The number of carbonyl (C=O) groups excluding carboxylic acids is 1. The summed E-state index contributed by atoms with van der Waals surface area (Å²) in [4.78, 5) is 27.3. The second-order valence-electron chi connectivity index (χ2n) is 7.55. The van der Waals surface area contributed by atoms with Gasteiger partial charge in [0.25, 0.3) is 0 Å². The fourth-order valence-electron chi connectivity index (χ4n) is 3.76. The molecule has 9 heteroatoms. The SMILES string of the molecule is COc1ccc(/C=C\C(=O)N2CCCC(Cc3nc(-c4cnccn4)no3)C2)cc1OC. The van der Waals surface area contributed by atoms with E-state index in [1.54, 1.807) is 45.0 Å². The van der Waals surface area contributed by atoms with Crippen molar-refractivity contribution in [1.82, 2.24) is 25.0 Å². The van der Waals surface area contributed by atoms with Crippen LogP contribution < -0.4 is 9.47 Å². The van der Waals surface area contributed by atoms with Crippen molar-refractivity contribution in [3.05, 3.63) is 54.3 Å². The van der Waals surface area contributed by atoms with Crippen molar-refractivity contribution in [3.63, 3.8) is 0 Å². The van der Waals surface area contributed by atoms with Crippen LogP contribution in [0.2, 0.25) is 0 Å². The molecular formula is C23H25N5O4. The fourth-order valence-corrected chi connectivity index (χ4v) is 3.76. The van der Waals surface area contributed by atoms with Crippen LogP contribution in [0.1, 0.15) is 24.3 Å². The number of benzene rings is 1. The molecule has 4 rings (SSSR count).